The van der Waals surface area contributed by atoms with E-state index in [-0.39, 0.29) is 30.2 Å². The second-order valence-electron chi connectivity index (χ2n) is 4.68. The number of hydrogen-bond donors (Lipinski definition) is 0. The van der Waals surface area contributed by atoms with Gasteiger partial charge in [-0.1, -0.05) is 0 Å². The molecule has 0 fully saturated rings. The first-order valence-corrected chi connectivity index (χ1v) is 6.73. The van der Waals surface area contributed by atoms with Crippen molar-refractivity contribution in [2.24, 2.45) is 0 Å². The van der Waals surface area contributed by atoms with Crippen LogP contribution in [0.3, 0.4) is 0 Å². The van der Waals surface area contributed by atoms with Crippen LogP contribution in [0.15, 0.2) is 41.0 Å². The molecule has 0 saturated carbocycles. The van der Waals surface area contributed by atoms with Gasteiger partial charge in [-0.05, 0) is 30.3 Å². The van der Waals surface area contributed by atoms with Gasteiger partial charge in [0.1, 0.15) is 13.2 Å². The number of rotatable bonds is 5. The molecular formula is C16H14O5. The maximum Gasteiger partial charge on any atom is 0.198 e. The van der Waals surface area contributed by atoms with Crippen molar-refractivity contribution in [2.45, 2.75) is 12.8 Å². The number of fused-ring (bicyclic) bond motifs is 1. The van der Waals surface area contributed by atoms with Gasteiger partial charge < -0.3 is 13.9 Å². The summed E-state index contributed by atoms with van der Waals surface area (Å²) in [6, 6.07) is 8.31. The van der Waals surface area contributed by atoms with Crippen LogP contribution in [0.1, 0.15) is 33.8 Å². The molecule has 3 rings (SSSR count). The van der Waals surface area contributed by atoms with E-state index in [9.17, 15) is 9.59 Å². The van der Waals surface area contributed by atoms with Crippen molar-refractivity contribution < 1.29 is 23.5 Å². The first-order valence-electron chi connectivity index (χ1n) is 6.73. The van der Waals surface area contributed by atoms with Gasteiger partial charge >= 0.3 is 0 Å². The third kappa shape index (κ3) is 2.97. The summed E-state index contributed by atoms with van der Waals surface area (Å²) in [6.07, 6.45) is 1.70. The van der Waals surface area contributed by atoms with Crippen molar-refractivity contribution in [3.05, 3.63) is 47.9 Å². The molecule has 0 bridgehead atoms. The van der Waals surface area contributed by atoms with E-state index < -0.39 is 0 Å². The number of carbonyl (C=O) groups is 2. The Morgan fingerprint density at radius 1 is 0.952 bits per heavy atom. The van der Waals surface area contributed by atoms with E-state index in [0.29, 0.717) is 30.3 Å². The summed E-state index contributed by atoms with van der Waals surface area (Å²) in [5, 5.41) is 0. The van der Waals surface area contributed by atoms with E-state index in [0.717, 1.165) is 0 Å². The summed E-state index contributed by atoms with van der Waals surface area (Å²) >= 11 is 0. The van der Waals surface area contributed by atoms with Gasteiger partial charge in [0.05, 0.1) is 6.26 Å². The maximum absolute atomic E-state index is 12.1. The average Bonchev–Trinajstić information content (AvgIpc) is 3.06. The topological polar surface area (TPSA) is 65.7 Å². The van der Waals surface area contributed by atoms with Gasteiger partial charge in [-0.25, -0.2) is 0 Å². The molecule has 5 heteroatoms. The molecule has 0 N–H and O–H groups in total. The third-order valence-corrected chi connectivity index (χ3v) is 3.24. The highest BCUT2D eigenvalue weighted by Crippen LogP contribution is 2.31. The third-order valence-electron chi connectivity index (χ3n) is 3.24. The minimum Gasteiger partial charge on any atom is -0.486 e. The normalized spacial score (nSPS) is 13.0. The fourth-order valence-corrected chi connectivity index (χ4v) is 2.15. The van der Waals surface area contributed by atoms with Crippen LogP contribution in [-0.2, 0) is 0 Å². The molecule has 0 atom stereocenters. The number of furan rings is 1. The van der Waals surface area contributed by atoms with Gasteiger partial charge in [-0.15, -0.1) is 0 Å². The highest BCUT2D eigenvalue weighted by Gasteiger charge is 2.16. The molecule has 0 amide bonds. The molecule has 2 aromatic rings. The molecule has 1 aliphatic rings. The van der Waals surface area contributed by atoms with Crippen molar-refractivity contribution in [2.75, 3.05) is 13.2 Å². The van der Waals surface area contributed by atoms with Crippen LogP contribution in [-0.4, -0.2) is 24.8 Å². The molecule has 108 valence electrons. The van der Waals surface area contributed by atoms with Crippen molar-refractivity contribution in [1.82, 2.24) is 0 Å². The first kappa shape index (κ1) is 13.4. The molecule has 21 heavy (non-hydrogen) atoms. The first-order chi connectivity index (χ1) is 10.2. The summed E-state index contributed by atoms with van der Waals surface area (Å²) in [5.41, 5.74) is 0.520. The highest BCUT2D eigenvalue weighted by molar-refractivity contribution is 6.01. The minimum atomic E-state index is -0.175. The van der Waals surface area contributed by atoms with Gasteiger partial charge in [0, 0.05) is 18.4 Å². The van der Waals surface area contributed by atoms with E-state index in [1.807, 2.05) is 0 Å². The number of ketones is 2. The Labute approximate surface area is 121 Å². The van der Waals surface area contributed by atoms with E-state index in [1.165, 1.54) is 6.26 Å². The van der Waals surface area contributed by atoms with Gasteiger partial charge in [0.25, 0.3) is 0 Å². The van der Waals surface area contributed by atoms with E-state index >= 15 is 0 Å². The standard InChI is InChI=1S/C16H14O5/c17-12(4-5-13(18)14-2-1-7-19-14)11-3-6-15-16(10-11)21-9-8-20-15/h1-3,6-7,10H,4-5,8-9H2. The van der Waals surface area contributed by atoms with E-state index in [2.05, 4.69) is 0 Å². The van der Waals surface area contributed by atoms with Crippen LogP contribution < -0.4 is 9.47 Å². The Morgan fingerprint density at radius 3 is 2.48 bits per heavy atom. The minimum absolute atomic E-state index is 0.105. The van der Waals surface area contributed by atoms with Crippen LogP contribution in [0, 0.1) is 0 Å². The summed E-state index contributed by atoms with van der Waals surface area (Å²) in [7, 11) is 0. The molecule has 0 spiro atoms. The number of carbonyl (C=O) groups excluding carboxylic acids is 2. The van der Waals surface area contributed by atoms with Crippen LogP contribution in [0.25, 0.3) is 0 Å². The Morgan fingerprint density at radius 2 is 1.71 bits per heavy atom. The van der Waals surface area contributed by atoms with Crippen molar-refractivity contribution in [3.63, 3.8) is 0 Å². The molecule has 0 unspecified atom stereocenters. The molecule has 1 aliphatic heterocycles. The lowest BCUT2D eigenvalue weighted by atomic mass is 10.0. The van der Waals surface area contributed by atoms with E-state index in [1.54, 1.807) is 30.3 Å². The number of benzene rings is 1. The molecule has 1 aromatic carbocycles. The molecular weight excluding hydrogens is 272 g/mol. The SMILES string of the molecule is O=C(CCC(=O)c1ccco1)c1ccc2c(c1)OCCO2. The number of Topliss-reactive ketones (excluding diaryl/α,β-unsaturated/α-hetero) is 2. The highest BCUT2D eigenvalue weighted by atomic mass is 16.6. The maximum atomic E-state index is 12.1. The van der Waals surface area contributed by atoms with Crippen LogP contribution in [0.2, 0.25) is 0 Å². The zero-order valence-corrected chi connectivity index (χ0v) is 11.3. The Bertz CT molecular complexity index is 657. The lowest BCUT2D eigenvalue weighted by Crippen LogP contribution is -2.15. The fourth-order valence-electron chi connectivity index (χ4n) is 2.15. The molecule has 0 saturated heterocycles. The van der Waals surface area contributed by atoms with Crippen LogP contribution in [0.4, 0.5) is 0 Å². The average molecular weight is 286 g/mol. The summed E-state index contributed by atoms with van der Waals surface area (Å²) in [4.78, 5) is 23.9. The second kappa shape index (κ2) is 5.83. The Hall–Kier alpha value is -2.56. The predicted octanol–water partition coefficient (Wildman–Crippen LogP) is 2.90. The van der Waals surface area contributed by atoms with Gasteiger partial charge in [-0.2, -0.15) is 0 Å². The molecule has 0 radical (unpaired) electrons. The fraction of sp³-hybridized carbons (Fsp3) is 0.250. The van der Waals surface area contributed by atoms with Crippen molar-refractivity contribution in [1.29, 1.82) is 0 Å². The smallest absolute Gasteiger partial charge is 0.198 e. The van der Waals surface area contributed by atoms with Crippen molar-refractivity contribution >= 4 is 11.6 Å². The predicted molar refractivity (Wildman–Crippen MR) is 74.0 cm³/mol. The number of ether oxygens (including phenoxy) is 2. The summed E-state index contributed by atoms with van der Waals surface area (Å²) in [5.74, 6) is 1.22. The lowest BCUT2D eigenvalue weighted by molar-refractivity contribution is 0.0902. The molecule has 0 aliphatic carbocycles. The number of hydrogen-bond acceptors (Lipinski definition) is 5. The lowest BCUT2D eigenvalue weighted by Gasteiger charge is -2.18. The van der Waals surface area contributed by atoms with Crippen LogP contribution in [0.5, 0.6) is 11.5 Å². The van der Waals surface area contributed by atoms with Gasteiger partial charge in [0.2, 0.25) is 0 Å². The van der Waals surface area contributed by atoms with E-state index in [4.69, 9.17) is 13.9 Å². The summed E-state index contributed by atoms with van der Waals surface area (Å²) in [6.45, 7) is 0.986. The molecule has 2 heterocycles. The van der Waals surface area contributed by atoms with Gasteiger partial charge in [0.15, 0.2) is 28.8 Å². The monoisotopic (exact) mass is 286 g/mol. The largest absolute Gasteiger partial charge is 0.486 e. The second-order valence-corrected chi connectivity index (χ2v) is 4.68. The Balaban J connectivity index is 1.64. The molecule has 5 nitrogen and oxygen atoms in total. The quantitative estimate of drug-likeness (QED) is 0.791. The zero-order chi connectivity index (χ0) is 14.7. The van der Waals surface area contributed by atoms with Crippen LogP contribution >= 0.6 is 0 Å². The Kier molecular flexibility index (Phi) is 3.73. The zero-order valence-electron chi connectivity index (χ0n) is 11.3. The van der Waals surface area contributed by atoms with Gasteiger partial charge in [-0.3, -0.25) is 9.59 Å². The molecule has 1 aromatic heterocycles. The summed E-state index contributed by atoms with van der Waals surface area (Å²) < 4.78 is 15.9. The van der Waals surface area contributed by atoms with Crippen molar-refractivity contribution in [3.8, 4) is 11.5 Å².